The molecule has 0 bridgehead atoms. The van der Waals surface area contributed by atoms with Crippen molar-refractivity contribution in [1.82, 2.24) is 0 Å². The van der Waals surface area contributed by atoms with Gasteiger partial charge in [0, 0.05) is 17.8 Å². The van der Waals surface area contributed by atoms with Gasteiger partial charge in [0.2, 0.25) is 0 Å². The molecule has 4 rings (SSSR count). The zero-order chi connectivity index (χ0) is 35.3. The van der Waals surface area contributed by atoms with E-state index in [1.165, 1.54) is 51.4 Å². The molecular weight excluding hydrogens is 604 g/mol. The highest BCUT2D eigenvalue weighted by molar-refractivity contribution is 5.95. The first-order valence-corrected chi connectivity index (χ1v) is 19.8. The van der Waals surface area contributed by atoms with E-state index in [-0.39, 0.29) is 47.9 Å². The number of fused-ring (bicyclic) bond motifs is 5. The molecule has 276 valence electrons. The molecule has 0 radical (unpaired) electrons. The third-order valence-electron chi connectivity index (χ3n) is 13.7. The number of hydrogen-bond donors (Lipinski definition) is 4. The number of ether oxygens (including phenoxy) is 1. The van der Waals surface area contributed by atoms with E-state index in [0.717, 1.165) is 44.1 Å². The van der Waals surface area contributed by atoms with Crippen LogP contribution in [0, 0.1) is 34.5 Å². The van der Waals surface area contributed by atoms with Gasteiger partial charge in [-0.15, -0.1) is 0 Å². The molecule has 7 nitrogen and oxygen atoms in total. The Bertz CT molecular complexity index is 1110. The number of rotatable bonds is 18. The van der Waals surface area contributed by atoms with Crippen LogP contribution in [0.5, 0.6) is 0 Å². The van der Waals surface area contributed by atoms with Crippen LogP contribution in [0.15, 0.2) is 11.6 Å². The van der Waals surface area contributed by atoms with Crippen molar-refractivity contribution in [3.05, 3.63) is 11.6 Å². The lowest BCUT2D eigenvalue weighted by Crippen LogP contribution is -2.61. The second-order valence-electron chi connectivity index (χ2n) is 17.7. The highest BCUT2D eigenvalue weighted by Gasteiger charge is 2.67. The van der Waals surface area contributed by atoms with Gasteiger partial charge >= 0.3 is 5.97 Å². The van der Waals surface area contributed by atoms with Crippen molar-refractivity contribution in [2.24, 2.45) is 34.5 Å². The van der Waals surface area contributed by atoms with Gasteiger partial charge in [-0.1, -0.05) is 91.9 Å². The minimum Gasteiger partial charge on any atom is -0.462 e. The molecule has 7 heteroatoms. The number of carbonyl (C=O) groups is 2. The van der Waals surface area contributed by atoms with Crippen LogP contribution in [0.4, 0.5) is 0 Å². The van der Waals surface area contributed by atoms with E-state index in [4.69, 9.17) is 4.74 Å². The molecule has 0 aromatic carbocycles. The quantitative estimate of drug-likeness (QED) is 0.0858. The van der Waals surface area contributed by atoms with E-state index in [0.29, 0.717) is 32.1 Å². The molecule has 4 aliphatic rings. The average molecular weight is 675 g/mol. The third kappa shape index (κ3) is 8.60. The molecule has 0 saturated heterocycles. The van der Waals surface area contributed by atoms with Crippen LogP contribution in [0.3, 0.4) is 0 Å². The van der Waals surface area contributed by atoms with Crippen molar-refractivity contribution >= 4 is 11.8 Å². The number of unbranched alkanes of at least 4 members (excludes halogenated alkanes) is 10. The van der Waals surface area contributed by atoms with E-state index in [2.05, 4.69) is 27.7 Å². The summed E-state index contributed by atoms with van der Waals surface area (Å²) < 4.78 is 6.25. The fraction of sp³-hybridized carbons (Fsp3) is 0.902. The minimum atomic E-state index is -1.15. The fourth-order valence-electron chi connectivity index (χ4n) is 10.6. The number of allylic oxidation sites excluding steroid dienone is 1. The molecule has 0 heterocycles. The smallest absolute Gasteiger partial charge is 0.306 e. The van der Waals surface area contributed by atoms with Gasteiger partial charge < -0.3 is 25.2 Å². The van der Waals surface area contributed by atoms with Crippen molar-refractivity contribution in [3.63, 3.8) is 0 Å². The number of ketones is 1. The Morgan fingerprint density at radius 1 is 0.938 bits per heavy atom. The first kappa shape index (κ1) is 39.5. The largest absolute Gasteiger partial charge is 0.462 e. The van der Waals surface area contributed by atoms with Crippen molar-refractivity contribution in [3.8, 4) is 0 Å². The molecule has 3 saturated carbocycles. The SMILES string of the molecule is CCCCCCCCCCCCCC(=O)O[C@H](CCC(C)(C)O)[C@@H](C)C1CC[C@@]2(O)C3=CC(=O)[C@@H]4C[C@@H](O)[C@@H](O)C[C@]4(C)C3CC[C@]12C. The van der Waals surface area contributed by atoms with Crippen LogP contribution in [0.1, 0.15) is 170 Å². The summed E-state index contributed by atoms with van der Waals surface area (Å²) in [6.45, 7) is 12.2. The number of aliphatic hydroxyl groups excluding tert-OH is 2. The number of hydrogen-bond acceptors (Lipinski definition) is 7. The van der Waals surface area contributed by atoms with Gasteiger partial charge in [-0.2, -0.15) is 0 Å². The monoisotopic (exact) mass is 675 g/mol. The predicted molar refractivity (Wildman–Crippen MR) is 190 cm³/mol. The maximum Gasteiger partial charge on any atom is 0.306 e. The lowest BCUT2D eigenvalue weighted by atomic mass is 9.46. The van der Waals surface area contributed by atoms with E-state index in [1.807, 2.05) is 0 Å². The van der Waals surface area contributed by atoms with Crippen molar-refractivity contribution in [1.29, 1.82) is 0 Å². The van der Waals surface area contributed by atoms with Gasteiger partial charge in [0.05, 0.1) is 23.4 Å². The summed E-state index contributed by atoms with van der Waals surface area (Å²) in [6, 6.07) is 0. The molecule has 2 unspecified atom stereocenters. The van der Waals surface area contributed by atoms with Crippen LogP contribution < -0.4 is 0 Å². The molecule has 0 aromatic rings. The molecule has 0 amide bonds. The van der Waals surface area contributed by atoms with Gasteiger partial charge in [0.1, 0.15) is 6.10 Å². The summed E-state index contributed by atoms with van der Waals surface area (Å²) in [5, 5.41) is 44.3. The molecule has 4 aliphatic carbocycles. The van der Waals surface area contributed by atoms with Crippen LogP contribution in [-0.4, -0.2) is 61.7 Å². The molecule has 4 N–H and O–H groups in total. The van der Waals surface area contributed by atoms with E-state index in [9.17, 15) is 30.0 Å². The van der Waals surface area contributed by atoms with Crippen molar-refractivity contribution in [2.75, 3.05) is 0 Å². The Hall–Kier alpha value is -1.28. The van der Waals surface area contributed by atoms with Crippen LogP contribution in [0.2, 0.25) is 0 Å². The Morgan fingerprint density at radius 2 is 1.54 bits per heavy atom. The molecule has 3 fully saturated rings. The first-order valence-electron chi connectivity index (χ1n) is 19.8. The van der Waals surface area contributed by atoms with Crippen molar-refractivity contribution in [2.45, 2.75) is 199 Å². The maximum absolute atomic E-state index is 13.6. The highest BCUT2D eigenvalue weighted by atomic mass is 16.5. The summed E-state index contributed by atoms with van der Waals surface area (Å²) in [4.78, 5) is 26.8. The number of carbonyl (C=O) groups excluding carboxylic acids is 2. The first-order chi connectivity index (χ1) is 22.6. The van der Waals surface area contributed by atoms with Crippen LogP contribution in [-0.2, 0) is 14.3 Å². The zero-order valence-corrected chi connectivity index (χ0v) is 31.3. The molecular formula is C41H70O7. The number of aliphatic hydroxyl groups is 4. The van der Waals surface area contributed by atoms with Gasteiger partial charge in [-0.3, -0.25) is 9.59 Å². The summed E-state index contributed by atoms with van der Waals surface area (Å²) in [7, 11) is 0. The third-order valence-corrected chi connectivity index (χ3v) is 13.7. The Labute approximate surface area is 291 Å². The van der Waals surface area contributed by atoms with E-state index < -0.39 is 34.2 Å². The Kier molecular flexibility index (Phi) is 13.5. The normalized spacial score (nSPS) is 36.1. The average Bonchev–Trinajstić information content (AvgIpc) is 3.29. The van der Waals surface area contributed by atoms with Gasteiger partial charge in [0.25, 0.3) is 0 Å². The Morgan fingerprint density at radius 3 is 2.15 bits per heavy atom. The second kappa shape index (κ2) is 16.4. The standard InChI is InChI=1S/C41H70O7/c1-7-8-9-10-11-12-13-14-15-16-17-18-37(45)48-36(21-22-38(3,4)46)28(2)29-20-24-41(47)31-25-33(42)32-26-34(43)35(44)27-39(32,5)30(31)19-23-40(29,41)6/h25,28-30,32,34-36,43-44,46-47H,7-24,26-27H2,1-6H3/t28-,29?,30?,32-,34+,35-,36+,39+,40+,41+/m0/s1. The summed E-state index contributed by atoms with van der Waals surface area (Å²) >= 11 is 0. The zero-order valence-electron chi connectivity index (χ0n) is 31.3. The predicted octanol–water partition coefficient (Wildman–Crippen LogP) is 7.99. The fourth-order valence-corrected chi connectivity index (χ4v) is 10.6. The van der Waals surface area contributed by atoms with Crippen LogP contribution >= 0.6 is 0 Å². The van der Waals surface area contributed by atoms with Gasteiger partial charge in [-0.05, 0) is 106 Å². The summed E-state index contributed by atoms with van der Waals surface area (Å²) in [6.07, 6.45) is 18.1. The van der Waals surface area contributed by atoms with Crippen LogP contribution in [0.25, 0.3) is 0 Å². The second-order valence-corrected chi connectivity index (χ2v) is 17.7. The summed E-state index contributed by atoms with van der Waals surface area (Å²) in [5.74, 6) is -0.533. The minimum absolute atomic E-state index is 0.0240. The number of esters is 1. The summed E-state index contributed by atoms with van der Waals surface area (Å²) in [5.41, 5.74) is -2.21. The van der Waals surface area contributed by atoms with Gasteiger partial charge in [0.15, 0.2) is 5.78 Å². The topological polar surface area (TPSA) is 124 Å². The molecule has 10 atom stereocenters. The lowest BCUT2D eigenvalue weighted by molar-refractivity contribution is -0.162. The van der Waals surface area contributed by atoms with Crippen molar-refractivity contribution < 1.29 is 34.8 Å². The maximum atomic E-state index is 13.6. The highest BCUT2D eigenvalue weighted by Crippen LogP contribution is 2.68. The molecule has 0 aromatic heterocycles. The molecule has 48 heavy (non-hydrogen) atoms. The van der Waals surface area contributed by atoms with E-state index >= 15 is 0 Å². The Balaban J connectivity index is 1.39. The lowest BCUT2D eigenvalue weighted by Gasteiger charge is -2.60. The molecule has 0 spiro atoms. The van der Waals surface area contributed by atoms with Gasteiger partial charge in [-0.25, -0.2) is 0 Å². The molecule has 0 aliphatic heterocycles. The van der Waals surface area contributed by atoms with E-state index in [1.54, 1.807) is 19.9 Å².